The zero-order valence-electron chi connectivity index (χ0n) is 19.5. The Balaban J connectivity index is 0.00000385. The predicted molar refractivity (Wildman–Crippen MR) is 145 cm³/mol. The highest BCUT2D eigenvalue weighted by atomic mass is 127. The minimum atomic E-state index is 0. The normalized spacial score (nSPS) is 14.8. The number of amides is 1. The Bertz CT molecular complexity index is 861. The molecule has 1 saturated heterocycles. The second kappa shape index (κ2) is 14.7. The lowest BCUT2D eigenvalue weighted by Gasteiger charge is -2.28. The van der Waals surface area contributed by atoms with Gasteiger partial charge in [-0.1, -0.05) is 49.4 Å². The van der Waals surface area contributed by atoms with Crippen molar-refractivity contribution in [1.82, 2.24) is 16.0 Å². The Morgan fingerprint density at radius 3 is 2.58 bits per heavy atom. The molecule has 1 amide bonds. The Labute approximate surface area is 214 Å². The number of guanidine groups is 1. The van der Waals surface area contributed by atoms with Crippen molar-refractivity contribution in [2.45, 2.75) is 27.0 Å². The second-order valence-corrected chi connectivity index (χ2v) is 8.12. The molecule has 1 aliphatic heterocycles. The van der Waals surface area contributed by atoms with Gasteiger partial charge in [-0.05, 0) is 36.1 Å². The predicted octanol–water partition coefficient (Wildman–Crippen LogP) is 3.15. The molecule has 3 N–H and O–H groups in total. The van der Waals surface area contributed by atoms with Gasteiger partial charge in [0, 0.05) is 31.9 Å². The lowest BCUT2D eigenvalue weighted by molar-refractivity contribution is -0.120. The van der Waals surface area contributed by atoms with Gasteiger partial charge < -0.3 is 25.6 Å². The van der Waals surface area contributed by atoms with Crippen LogP contribution >= 0.6 is 24.0 Å². The van der Waals surface area contributed by atoms with Crippen molar-refractivity contribution in [2.24, 2.45) is 10.9 Å². The van der Waals surface area contributed by atoms with Crippen LogP contribution in [0.5, 0.6) is 0 Å². The summed E-state index contributed by atoms with van der Waals surface area (Å²) < 4.78 is 5.84. The van der Waals surface area contributed by atoms with Gasteiger partial charge in [0.15, 0.2) is 5.96 Å². The molecule has 1 fully saturated rings. The van der Waals surface area contributed by atoms with E-state index >= 15 is 0 Å². The Hall–Kier alpha value is -2.33. The van der Waals surface area contributed by atoms with E-state index in [2.05, 4.69) is 71.1 Å². The van der Waals surface area contributed by atoms with Gasteiger partial charge in [0.25, 0.3) is 0 Å². The maximum absolute atomic E-state index is 11.6. The number of anilines is 1. The highest BCUT2D eigenvalue weighted by molar-refractivity contribution is 14.0. The van der Waals surface area contributed by atoms with E-state index in [1.54, 1.807) is 0 Å². The van der Waals surface area contributed by atoms with Crippen LogP contribution < -0.4 is 20.9 Å². The van der Waals surface area contributed by atoms with E-state index in [4.69, 9.17) is 9.73 Å². The van der Waals surface area contributed by atoms with Crippen molar-refractivity contribution in [3.8, 4) is 0 Å². The Kier molecular flexibility index (Phi) is 12.0. The summed E-state index contributed by atoms with van der Waals surface area (Å²) in [7, 11) is 0. The van der Waals surface area contributed by atoms with Crippen LogP contribution in [-0.4, -0.2) is 51.2 Å². The van der Waals surface area contributed by atoms with Crippen molar-refractivity contribution in [2.75, 3.05) is 44.2 Å². The number of nitrogens with one attached hydrogen (secondary N) is 3. The van der Waals surface area contributed by atoms with Crippen molar-refractivity contribution in [3.63, 3.8) is 0 Å². The lowest BCUT2D eigenvalue weighted by atomic mass is 10.2. The summed E-state index contributed by atoms with van der Waals surface area (Å²) in [5.41, 5.74) is 3.39. The van der Waals surface area contributed by atoms with Gasteiger partial charge in [-0.3, -0.25) is 4.79 Å². The number of hydrogen-bond donors (Lipinski definition) is 3. The number of rotatable bonds is 10. The van der Waals surface area contributed by atoms with Crippen molar-refractivity contribution >= 4 is 41.5 Å². The van der Waals surface area contributed by atoms with Crippen LogP contribution in [0.2, 0.25) is 0 Å². The smallest absolute Gasteiger partial charge is 0.239 e. The van der Waals surface area contributed by atoms with E-state index in [1.165, 1.54) is 5.56 Å². The fraction of sp³-hybridized carbons (Fsp3) is 0.440. The van der Waals surface area contributed by atoms with Crippen molar-refractivity contribution in [1.29, 1.82) is 0 Å². The first-order chi connectivity index (χ1) is 15.6. The van der Waals surface area contributed by atoms with Crippen LogP contribution in [0.25, 0.3) is 0 Å². The van der Waals surface area contributed by atoms with Gasteiger partial charge in [-0.15, -0.1) is 24.0 Å². The molecule has 8 heteroatoms. The molecule has 1 unspecified atom stereocenters. The number of carbonyl (C=O) groups is 1. The first-order valence-corrected chi connectivity index (χ1v) is 11.4. The quantitative estimate of drug-likeness (QED) is 0.235. The van der Waals surface area contributed by atoms with Crippen LogP contribution in [0.15, 0.2) is 59.6 Å². The highest BCUT2D eigenvalue weighted by Gasteiger charge is 2.16. The van der Waals surface area contributed by atoms with Crippen LogP contribution in [0, 0.1) is 5.92 Å². The van der Waals surface area contributed by atoms with E-state index in [9.17, 15) is 4.79 Å². The second-order valence-electron chi connectivity index (χ2n) is 8.12. The number of hydrogen-bond acceptors (Lipinski definition) is 4. The third-order valence-corrected chi connectivity index (χ3v) is 5.24. The molecule has 33 heavy (non-hydrogen) atoms. The molecule has 180 valence electrons. The summed E-state index contributed by atoms with van der Waals surface area (Å²) >= 11 is 0. The van der Waals surface area contributed by atoms with Gasteiger partial charge in [-0.2, -0.15) is 0 Å². The summed E-state index contributed by atoms with van der Waals surface area (Å²) in [6.45, 7) is 9.69. The van der Waals surface area contributed by atoms with Crippen molar-refractivity contribution < 1.29 is 9.53 Å². The number of carbonyl (C=O) groups excluding carboxylic acids is 1. The lowest BCUT2D eigenvalue weighted by Crippen LogP contribution is -2.47. The monoisotopic (exact) mass is 565 g/mol. The first kappa shape index (κ1) is 26.9. The summed E-state index contributed by atoms with van der Waals surface area (Å²) in [4.78, 5) is 18.4. The number of ether oxygens (including phenoxy) is 1. The van der Waals surface area contributed by atoms with Gasteiger partial charge in [0.2, 0.25) is 5.91 Å². The fourth-order valence-corrected chi connectivity index (χ4v) is 3.47. The number of benzene rings is 2. The largest absolute Gasteiger partial charge is 0.376 e. The summed E-state index contributed by atoms with van der Waals surface area (Å²) in [5, 5.41) is 9.57. The van der Waals surface area contributed by atoms with Gasteiger partial charge in [0.1, 0.15) is 0 Å². The van der Waals surface area contributed by atoms with E-state index in [-0.39, 0.29) is 29.9 Å². The van der Waals surface area contributed by atoms with Crippen LogP contribution in [0.3, 0.4) is 0 Å². The molecule has 0 aliphatic carbocycles. The van der Waals surface area contributed by atoms with E-state index in [1.807, 2.05) is 18.2 Å². The highest BCUT2D eigenvalue weighted by Crippen LogP contribution is 2.16. The fourth-order valence-electron chi connectivity index (χ4n) is 3.47. The summed E-state index contributed by atoms with van der Waals surface area (Å²) in [6.07, 6.45) is 0. The number of piperazine rings is 1. The topological polar surface area (TPSA) is 78.0 Å². The molecule has 0 bridgehead atoms. The molecule has 1 atom stereocenters. The molecule has 0 radical (unpaired) electrons. The maximum Gasteiger partial charge on any atom is 0.239 e. The number of halogens is 1. The maximum atomic E-state index is 11.6. The molecule has 0 spiro atoms. The van der Waals surface area contributed by atoms with Crippen molar-refractivity contribution in [3.05, 3.63) is 65.7 Å². The summed E-state index contributed by atoms with van der Waals surface area (Å²) in [6, 6.07) is 18.5. The first-order valence-electron chi connectivity index (χ1n) is 11.4. The zero-order valence-corrected chi connectivity index (χ0v) is 21.9. The Morgan fingerprint density at radius 2 is 1.88 bits per heavy atom. The third kappa shape index (κ3) is 9.59. The number of aliphatic imine (C=N–C) groups is 1. The molecule has 0 aromatic heterocycles. The minimum Gasteiger partial charge on any atom is -0.376 e. The standard InChI is InChI=1S/C25H35N5O2.HI/c1-3-26-25(28-15-20(2)18-32-19-22-7-5-4-6-8-22)29-16-21-9-11-23(12-10-21)30-14-13-27-24(31)17-30;/h4-12,20H,3,13-19H2,1-2H3,(H,27,31)(H2,26,28,29);1H. The zero-order chi connectivity index (χ0) is 22.6. The molecular formula is C25H36IN5O2. The molecule has 1 heterocycles. The molecule has 2 aromatic rings. The van der Waals surface area contributed by atoms with Crippen LogP contribution in [0.1, 0.15) is 25.0 Å². The SMILES string of the molecule is CCNC(=NCc1ccc(N2CCNC(=O)C2)cc1)NCC(C)COCc1ccccc1.I. The van der Waals surface area contributed by atoms with Crippen LogP contribution in [0.4, 0.5) is 5.69 Å². The van der Waals surface area contributed by atoms with E-state index in [0.29, 0.717) is 38.8 Å². The van der Waals surface area contributed by atoms with E-state index in [0.717, 1.165) is 36.8 Å². The molecule has 7 nitrogen and oxygen atoms in total. The molecule has 0 saturated carbocycles. The Morgan fingerprint density at radius 1 is 1.12 bits per heavy atom. The van der Waals surface area contributed by atoms with Gasteiger partial charge in [-0.25, -0.2) is 4.99 Å². The van der Waals surface area contributed by atoms with E-state index < -0.39 is 0 Å². The average Bonchev–Trinajstić information content (AvgIpc) is 2.82. The number of nitrogens with zero attached hydrogens (tertiary/aromatic N) is 2. The minimum absolute atomic E-state index is 0. The van der Waals surface area contributed by atoms with Gasteiger partial charge >= 0.3 is 0 Å². The van der Waals surface area contributed by atoms with Gasteiger partial charge in [0.05, 0.1) is 26.3 Å². The average molecular weight is 566 g/mol. The molecule has 3 rings (SSSR count). The molecule has 1 aliphatic rings. The summed E-state index contributed by atoms with van der Waals surface area (Å²) in [5.74, 6) is 1.24. The third-order valence-electron chi connectivity index (χ3n) is 5.24. The molecular weight excluding hydrogens is 529 g/mol. The molecule has 2 aromatic carbocycles. The van der Waals surface area contributed by atoms with Crippen LogP contribution in [-0.2, 0) is 22.7 Å².